The fraction of sp³-hybridized carbons (Fsp3) is 0. The molecule has 11 N–H and O–H groups in total. The molecule has 5 heteroatoms. The molecule has 0 aromatic heterocycles. The van der Waals surface area contributed by atoms with E-state index in [2.05, 4.69) is 11.7 Å². The van der Waals surface area contributed by atoms with Crippen molar-refractivity contribution in [2.24, 2.45) is 11.7 Å². The molecule has 0 saturated heterocycles. The smallest absolute Gasteiger partial charge is 0.274 e. The van der Waals surface area contributed by atoms with Gasteiger partial charge in [0.15, 0.2) is 0 Å². The van der Waals surface area contributed by atoms with Gasteiger partial charge in [0.1, 0.15) is 0 Å². The molecule has 38 valence electrons. The predicted octanol–water partition coefficient (Wildman–Crippen LogP) is -2.67. The SMILES string of the molecule is N.NN.O.O. The molecule has 0 aromatic rings. The van der Waals surface area contributed by atoms with Crippen LogP contribution in [0.5, 0.6) is 0 Å². The van der Waals surface area contributed by atoms with Crippen molar-refractivity contribution in [3.05, 3.63) is 0 Å². The molecule has 0 aliphatic rings. The van der Waals surface area contributed by atoms with E-state index in [1.54, 1.807) is 0 Å². The van der Waals surface area contributed by atoms with Gasteiger partial charge in [0.05, 0.1) is 0 Å². The highest BCUT2D eigenvalue weighted by atomic mass is 16.0. The molecule has 0 aliphatic heterocycles. The number of hydrazine groups is 1. The number of hydrogen-bond donors (Lipinski definition) is 3. The lowest BCUT2D eigenvalue weighted by Crippen LogP contribution is -2.02. The van der Waals surface area contributed by atoms with E-state index < -0.39 is 0 Å². The van der Waals surface area contributed by atoms with Crippen LogP contribution in [0.1, 0.15) is 0 Å². The molecular weight excluding hydrogens is 74.0 g/mol. The van der Waals surface area contributed by atoms with E-state index in [1.807, 2.05) is 0 Å². The van der Waals surface area contributed by atoms with Crippen LogP contribution >= 0.6 is 0 Å². The first-order valence-corrected chi connectivity index (χ1v) is 0.333. The minimum atomic E-state index is 0. The molecule has 0 radical (unpaired) electrons. The van der Waals surface area contributed by atoms with Crippen molar-refractivity contribution < 1.29 is 11.0 Å². The molecule has 0 fully saturated rings. The summed E-state index contributed by atoms with van der Waals surface area (Å²) in [5.41, 5.74) is 0. The van der Waals surface area contributed by atoms with Crippen molar-refractivity contribution in [1.29, 1.82) is 0 Å². The summed E-state index contributed by atoms with van der Waals surface area (Å²) in [5, 5.41) is 0. The first kappa shape index (κ1) is 108. The van der Waals surface area contributed by atoms with Crippen LogP contribution < -0.4 is 17.8 Å². The van der Waals surface area contributed by atoms with E-state index >= 15 is 0 Å². The Kier molecular flexibility index (Phi) is 16100. The number of rotatable bonds is 0. The Morgan fingerprint density at radius 2 is 0.800 bits per heavy atom. The molecule has 0 unspecified atom stereocenters. The van der Waals surface area contributed by atoms with Gasteiger partial charge < -0.3 is 17.1 Å². The van der Waals surface area contributed by atoms with Gasteiger partial charge in [0.2, 0.25) is 0 Å². The Labute approximate surface area is 30.1 Å². The van der Waals surface area contributed by atoms with Gasteiger partial charge in [-0.15, -0.1) is 0 Å². The minimum Gasteiger partial charge on any atom is -0.412 e. The normalized spacial score (nSPS) is 1.20. The van der Waals surface area contributed by atoms with Crippen LogP contribution in [0.2, 0.25) is 0 Å². The van der Waals surface area contributed by atoms with Gasteiger partial charge in [-0.05, 0) is 0 Å². The summed E-state index contributed by atoms with van der Waals surface area (Å²) < 4.78 is 0. The molecule has 0 bridgehead atoms. The van der Waals surface area contributed by atoms with Crippen LogP contribution in [-0.4, -0.2) is 11.0 Å². The number of hydrogen-bond acceptors (Lipinski definition) is 3. The number of nitrogens with two attached hydrogens (primary N) is 2. The summed E-state index contributed by atoms with van der Waals surface area (Å²) in [6.07, 6.45) is 0. The summed E-state index contributed by atoms with van der Waals surface area (Å²) in [6, 6.07) is 0. The van der Waals surface area contributed by atoms with E-state index in [-0.39, 0.29) is 17.1 Å². The lowest BCUT2D eigenvalue weighted by molar-refractivity contribution is 0.823. The van der Waals surface area contributed by atoms with Crippen LogP contribution in [0, 0.1) is 0 Å². The van der Waals surface area contributed by atoms with Gasteiger partial charge in [-0.25, -0.2) is 0 Å². The zero-order valence-corrected chi connectivity index (χ0v) is 2.86. The molecule has 5 nitrogen and oxygen atoms in total. The highest BCUT2D eigenvalue weighted by molar-refractivity contribution is 3.26. The van der Waals surface area contributed by atoms with Gasteiger partial charge in [0, 0.05) is 0 Å². The molecule has 0 aromatic carbocycles. The summed E-state index contributed by atoms with van der Waals surface area (Å²) in [6.45, 7) is 0. The maximum Gasteiger partial charge on any atom is -0.274 e. The highest BCUT2D eigenvalue weighted by Gasteiger charge is 0.726. The van der Waals surface area contributed by atoms with E-state index in [9.17, 15) is 0 Å². The third-order valence-electron chi connectivity index (χ3n) is 0. The molecule has 0 amide bonds. The van der Waals surface area contributed by atoms with Crippen molar-refractivity contribution in [3.63, 3.8) is 0 Å². The third-order valence-corrected chi connectivity index (χ3v) is 0. The van der Waals surface area contributed by atoms with Gasteiger partial charge in [0.25, 0.3) is 0 Å². The summed E-state index contributed by atoms with van der Waals surface area (Å²) in [5.74, 6) is 8.00. The van der Waals surface area contributed by atoms with Crippen molar-refractivity contribution in [3.8, 4) is 0 Å². The van der Waals surface area contributed by atoms with E-state index in [0.29, 0.717) is 0 Å². The maximum atomic E-state index is 4.00. The molecule has 5 heavy (non-hydrogen) atoms. The van der Waals surface area contributed by atoms with Crippen molar-refractivity contribution in [2.45, 2.75) is 0 Å². The zero-order chi connectivity index (χ0) is 2.00. The molecule has 0 heterocycles. The lowest BCUT2D eigenvalue weighted by atomic mass is 13.0. The van der Waals surface area contributed by atoms with Crippen molar-refractivity contribution in [2.75, 3.05) is 0 Å². The van der Waals surface area contributed by atoms with E-state index in [4.69, 9.17) is 0 Å². The quantitative estimate of drug-likeness (QED) is 0.217. The standard InChI is InChI=1S/H4N2.H3N.2H2O/c1-2;;;/h1-2H2;1H3;2*1H2. The second-order valence-corrected chi connectivity index (χ2v) is 0. The van der Waals surface area contributed by atoms with Crippen LogP contribution in [0.4, 0.5) is 0 Å². The van der Waals surface area contributed by atoms with Crippen LogP contribution in [0.3, 0.4) is 0 Å². The first-order chi connectivity index (χ1) is 1.00. The van der Waals surface area contributed by atoms with Gasteiger partial charge in [-0.3, -0.25) is 11.7 Å². The van der Waals surface area contributed by atoms with Crippen LogP contribution in [0.25, 0.3) is 0 Å². The van der Waals surface area contributed by atoms with Gasteiger partial charge in [-0.2, -0.15) is 0 Å². The zero-order valence-electron chi connectivity index (χ0n) is 2.86. The van der Waals surface area contributed by atoms with E-state index in [0.717, 1.165) is 0 Å². The summed E-state index contributed by atoms with van der Waals surface area (Å²) >= 11 is 0. The van der Waals surface area contributed by atoms with Crippen LogP contribution in [-0.2, 0) is 0 Å². The average molecular weight is 85.1 g/mol. The van der Waals surface area contributed by atoms with E-state index in [1.165, 1.54) is 0 Å². The van der Waals surface area contributed by atoms with Gasteiger partial charge >= 0.3 is 0 Å². The average Bonchev–Trinajstić information content (AvgIpc) is 1.00. The fourth-order valence-electron chi connectivity index (χ4n) is 0. The molecular formula is H11N3O2. The summed E-state index contributed by atoms with van der Waals surface area (Å²) in [7, 11) is 0. The molecule has 0 saturated carbocycles. The molecule has 0 rings (SSSR count). The van der Waals surface area contributed by atoms with Crippen molar-refractivity contribution >= 4 is 0 Å². The monoisotopic (exact) mass is 85.1 g/mol. The fourth-order valence-corrected chi connectivity index (χ4v) is 0. The predicted molar refractivity (Wildman–Crippen MR) is 20.6 cm³/mol. The second kappa shape index (κ2) is 745. The molecule has 0 atom stereocenters. The van der Waals surface area contributed by atoms with Crippen LogP contribution in [0.15, 0.2) is 0 Å². The largest absolute Gasteiger partial charge is 0.412 e. The highest BCUT2D eigenvalue weighted by Crippen LogP contribution is -0.0190. The third kappa shape index (κ3) is 308. The second-order valence-electron chi connectivity index (χ2n) is 0. The Balaban J connectivity index is -0.00000000167. The Bertz CT molecular complexity index is 4.85. The summed E-state index contributed by atoms with van der Waals surface area (Å²) in [4.78, 5) is 0. The molecule has 0 spiro atoms. The van der Waals surface area contributed by atoms with Crippen molar-refractivity contribution in [1.82, 2.24) is 6.15 Å². The Hall–Kier alpha value is -0.200. The maximum absolute atomic E-state index is 4.00. The molecule has 0 aliphatic carbocycles. The first-order valence-electron chi connectivity index (χ1n) is 0.333. The minimum absolute atomic E-state index is 0. The lowest BCUT2D eigenvalue weighted by Gasteiger charge is -1.27. The van der Waals surface area contributed by atoms with Gasteiger partial charge in [-0.1, -0.05) is 0 Å². The Morgan fingerprint density at radius 1 is 0.800 bits per heavy atom. The Morgan fingerprint density at radius 3 is 0.800 bits per heavy atom. The topological polar surface area (TPSA) is 150 Å².